The van der Waals surface area contributed by atoms with Crippen LogP contribution < -0.4 is 5.32 Å². The molecule has 0 aliphatic carbocycles. The van der Waals surface area contributed by atoms with Gasteiger partial charge in [-0.3, -0.25) is 24.0 Å². The summed E-state index contributed by atoms with van der Waals surface area (Å²) in [7, 11) is 0. The molecule has 0 saturated carbocycles. The van der Waals surface area contributed by atoms with E-state index in [1.54, 1.807) is 33.0 Å². The summed E-state index contributed by atoms with van der Waals surface area (Å²) in [5.41, 5.74) is 0. The van der Waals surface area contributed by atoms with Crippen molar-refractivity contribution < 1.29 is 99.2 Å². The molecule has 19 nitrogen and oxygen atoms in total. The van der Waals surface area contributed by atoms with E-state index in [2.05, 4.69) is 0 Å². The number of nitrogens with one attached hydrogen (secondary N) is 1. The number of fused-ring (bicyclic) bond motifs is 3. The van der Waals surface area contributed by atoms with E-state index >= 15 is 0 Å². The van der Waals surface area contributed by atoms with Crippen LogP contribution in [-0.4, -0.2) is 139 Å². The molecule has 53 heavy (non-hydrogen) atoms. The summed E-state index contributed by atoms with van der Waals surface area (Å²) in [5, 5.41) is 12.2. The Hall–Kier alpha value is -3.67. The highest BCUT2D eigenvalue weighted by molar-refractivity contribution is 5.82. The average Bonchev–Trinajstić information content (AvgIpc) is 3.50. The zero-order valence-corrected chi connectivity index (χ0v) is 29.9. The van der Waals surface area contributed by atoms with Crippen LogP contribution in [-0.2, 0) is 80.9 Å². The zero-order chi connectivity index (χ0) is 39.8. The molecule has 22 heteroatoms. The minimum atomic E-state index is -5.54. The molecule has 11 atom stereocenters. The molecule has 4 aliphatic rings. The molecule has 0 aromatic carbocycles. The monoisotopic (exact) mass is 773 g/mol. The van der Waals surface area contributed by atoms with Crippen LogP contribution in [0.3, 0.4) is 0 Å². The number of hydrogen-bond donors (Lipinski definition) is 2. The number of rotatable bonds is 12. The van der Waals surface area contributed by atoms with E-state index < -0.39 is 140 Å². The smallest absolute Gasteiger partial charge is 0.471 e. The SMILES string of the molecule is CC(=O)OC[C@@H](OC(C)=O)[C@@H](OC(C)=O)[C@@H]1O[C@@](OC[C@H]2O[C@@H]3OC(C)(C)O[C@@H]3[C@H]3OC(C)(C)O[C@H]32)(C(=O)O)C[C@H](OC(C)=O)[C@H]1NC(=O)C(F)(F)F. The number of esters is 4. The largest absolute Gasteiger partial charge is 0.477 e. The summed E-state index contributed by atoms with van der Waals surface area (Å²) in [6.07, 6.45) is -19.8. The number of carboxylic acid groups (broad SMARTS) is 1. The van der Waals surface area contributed by atoms with Crippen LogP contribution in [0.15, 0.2) is 0 Å². The number of aliphatic carboxylic acids is 1. The Labute approximate surface area is 300 Å². The van der Waals surface area contributed by atoms with E-state index in [-0.39, 0.29) is 0 Å². The number of carbonyl (C=O) groups excluding carboxylic acids is 5. The number of halogens is 3. The molecule has 0 bridgehead atoms. The summed E-state index contributed by atoms with van der Waals surface area (Å²) in [6, 6.07) is -2.17. The van der Waals surface area contributed by atoms with Crippen LogP contribution in [0, 0.1) is 0 Å². The molecule has 300 valence electrons. The van der Waals surface area contributed by atoms with Gasteiger partial charge in [0.2, 0.25) is 0 Å². The topological polar surface area (TPSA) is 236 Å². The van der Waals surface area contributed by atoms with E-state index in [9.17, 15) is 47.0 Å². The Balaban J connectivity index is 1.79. The van der Waals surface area contributed by atoms with Gasteiger partial charge >= 0.3 is 41.9 Å². The molecule has 0 aromatic heterocycles. The zero-order valence-electron chi connectivity index (χ0n) is 29.9. The molecule has 4 aliphatic heterocycles. The van der Waals surface area contributed by atoms with Crippen molar-refractivity contribution in [2.45, 2.75) is 147 Å². The molecular formula is C31H42F3NO18. The molecule has 4 heterocycles. The standard InChI is InChI=1S/C31H42F3NO18/c1-12(36)43-10-17(46-14(3)38)20(47-15(4)39)22-19(35-26(40)31(32,33)34)16(45-13(2)37)9-30(52-22,27(41)42)44-11-18-21-23(50-28(5,6)49-21)24-25(48-18)53-29(7,8)51-24/h16-25H,9-11H2,1-8H3,(H,35,40)(H,41,42)/t16-,17+,18+,19+,20+,21-,22+,23-,24+,25+,30+/m0/s1. The van der Waals surface area contributed by atoms with Crippen molar-refractivity contribution in [2.24, 2.45) is 0 Å². The number of ether oxygens (including phenoxy) is 11. The van der Waals surface area contributed by atoms with Crippen LogP contribution in [0.4, 0.5) is 13.2 Å². The third-order valence-corrected chi connectivity index (χ3v) is 8.24. The first-order chi connectivity index (χ1) is 24.3. The lowest BCUT2D eigenvalue weighted by molar-refractivity contribution is -0.327. The highest BCUT2D eigenvalue weighted by Gasteiger charge is 2.63. The van der Waals surface area contributed by atoms with Crippen LogP contribution >= 0.6 is 0 Å². The van der Waals surface area contributed by atoms with E-state index in [0.717, 1.165) is 27.7 Å². The van der Waals surface area contributed by atoms with Gasteiger partial charge in [-0.2, -0.15) is 13.2 Å². The maximum atomic E-state index is 13.6. The van der Waals surface area contributed by atoms with Gasteiger partial charge in [0.05, 0.1) is 19.1 Å². The molecule has 4 fully saturated rings. The van der Waals surface area contributed by atoms with Crippen LogP contribution in [0.2, 0.25) is 0 Å². The van der Waals surface area contributed by atoms with Crippen LogP contribution in [0.5, 0.6) is 0 Å². The fourth-order valence-electron chi connectivity index (χ4n) is 6.44. The predicted molar refractivity (Wildman–Crippen MR) is 160 cm³/mol. The van der Waals surface area contributed by atoms with Crippen molar-refractivity contribution in [1.29, 1.82) is 0 Å². The first-order valence-corrected chi connectivity index (χ1v) is 16.3. The van der Waals surface area contributed by atoms with Gasteiger partial charge in [0.15, 0.2) is 30.1 Å². The fourth-order valence-corrected chi connectivity index (χ4v) is 6.44. The maximum absolute atomic E-state index is 13.6. The molecule has 0 aromatic rings. The van der Waals surface area contributed by atoms with Gasteiger partial charge in [0.25, 0.3) is 5.79 Å². The number of alkyl halides is 3. The maximum Gasteiger partial charge on any atom is 0.471 e. The molecule has 0 spiro atoms. The summed E-state index contributed by atoms with van der Waals surface area (Å²) in [6.45, 7) is 8.38. The quantitative estimate of drug-likeness (QED) is 0.201. The Morgan fingerprint density at radius 1 is 0.811 bits per heavy atom. The summed E-state index contributed by atoms with van der Waals surface area (Å²) < 4.78 is 103. The summed E-state index contributed by atoms with van der Waals surface area (Å²) in [4.78, 5) is 74.1. The van der Waals surface area contributed by atoms with E-state index in [1.807, 2.05) is 0 Å². The highest BCUT2D eigenvalue weighted by Crippen LogP contribution is 2.45. The Kier molecular flexibility index (Phi) is 12.4. The molecule has 4 rings (SSSR count). The number of carbonyl (C=O) groups is 6. The second kappa shape index (κ2) is 15.6. The minimum Gasteiger partial charge on any atom is -0.477 e. The summed E-state index contributed by atoms with van der Waals surface area (Å²) >= 11 is 0. The Morgan fingerprint density at radius 3 is 1.94 bits per heavy atom. The van der Waals surface area contributed by atoms with Gasteiger partial charge < -0.3 is 62.5 Å². The Morgan fingerprint density at radius 2 is 1.40 bits per heavy atom. The average molecular weight is 774 g/mol. The number of hydrogen-bond acceptors (Lipinski definition) is 17. The first-order valence-electron chi connectivity index (χ1n) is 16.3. The van der Waals surface area contributed by atoms with Gasteiger partial charge in [-0.1, -0.05) is 0 Å². The van der Waals surface area contributed by atoms with Crippen molar-refractivity contribution in [2.75, 3.05) is 13.2 Å². The van der Waals surface area contributed by atoms with E-state index in [4.69, 9.17) is 52.1 Å². The summed E-state index contributed by atoms with van der Waals surface area (Å²) in [5.74, 6) is -14.2. The molecule has 2 N–H and O–H groups in total. The van der Waals surface area contributed by atoms with Gasteiger partial charge in [-0.25, -0.2) is 4.79 Å². The van der Waals surface area contributed by atoms with Crippen molar-refractivity contribution in [3.05, 3.63) is 0 Å². The second-order valence-corrected chi connectivity index (χ2v) is 13.5. The number of amides is 1. The van der Waals surface area contributed by atoms with Crippen molar-refractivity contribution in [3.63, 3.8) is 0 Å². The third kappa shape index (κ3) is 10.1. The van der Waals surface area contributed by atoms with Crippen LogP contribution in [0.1, 0.15) is 61.8 Å². The van der Waals surface area contributed by atoms with Gasteiger partial charge in [-0.05, 0) is 27.7 Å². The fraction of sp³-hybridized carbons (Fsp3) is 0.806. The van der Waals surface area contributed by atoms with Gasteiger partial charge in [-0.15, -0.1) is 0 Å². The van der Waals surface area contributed by atoms with Crippen LogP contribution in [0.25, 0.3) is 0 Å². The lowest BCUT2D eigenvalue weighted by Gasteiger charge is -2.48. The minimum absolute atomic E-state index is 0.710. The molecule has 0 unspecified atom stereocenters. The molecule has 4 saturated heterocycles. The Bertz CT molecular complexity index is 1440. The lowest BCUT2D eigenvalue weighted by atomic mass is 9.87. The van der Waals surface area contributed by atoms with Crippen molar-refractivity contribution in [3.8, 4) is 0 Å². The molecule has 0 radical (unpaired) electrons. The van der Waals surface area contributed by atoms with Crippen molar-refractivity contribution >= 4 is 35.8 Å². The van der Waals surface area contributed by atoms with Gasteiger partial charge in [0.1, 0.15) is 43.2 Å². The first kappa shape index (κ1) is 42.1. The van der Waals surface area contributed by atoms with Crippen molar-refractivity contribution in [1.82, 2.24) is 5.32 Å². The van der Waals surface area contributed by atoms with Gasteiger partial charge in [0, 0.05) is 27.7 Å². The number of carboxylic acids is 1. The molecular weight excluding hydrogens is 731 g/mol. The third-order valence-electron chi connectivity index (χ3n) is 8.24. The van der Waals surface area contributed by atoms with E-state index in [1.165, 1.54) is 0 Å². The van der Waals surface area contributed by atoms with E-state index in [0.29, 0.717) is 0 Å². The normalized spacial score (nSPS) is 34.0. The highest BCUT2D eigenvalue weighted by atomic mass is 19.4. The lowest BCUT2D eigenvalue weighted by Crippen LogP contribution is -2.70. The second-order valence-electron chi connectivity index (χ2n) is 13.5. The predicted octanol–water partition coefficient (Wildman–Crippen LogP) is 0.375. The molecule has 1 amide bonds.